The van der Waals surface area contributed by atoms with Crippen LogP contribution in [-0.4, -0.2) is 27.4 Å². The minimum Gasteiger partial charge on any atom is -0.395 e. The van der Waals surface area contributed by atoms with Crippen molar-refractivity contribution in [1.82, 2.24) is 15.1 Å². The van der Waals surface area contributed by atoms with Gasteiger partial charge in [-0.25, -0.2) is 0 Å². The smallest absolute Gasteiger partial charge is 0.272 e. The highest BCUT2D eigenvalue weighted by molar-refractivity contribution is 5.98. The lowest BCUT2D eigenvalue weighted by Crippen LogP contribution is -2.32. The molecule has 6 nitrogen and oxygen atoms in total. The summed E-state index contributed by atoms with van der Waals surface area (Å²) in [5, 5.41) is 16.3. The van der Waals surface area contributed by atoms with E-state index in [4.69, 9.17) is 5.73 Å². The van der Waals surface area contributed by atoms with E-state index in [0.717, 1.165) is 5.56 Å². The van der Waals surface area contributed by atoms with Gasteiger partial charge in [-0.2, -0.15) is 5.10 Å². The number of anilines is 1. The molecule has 106 valence electrons. The minimum absolute atomic E-state index is 0.188. The zero-order chi connectivity index (χ0) is 14.7. The summed E-state index contributed by atoms with van der Waals surface area (Å²) in [5.74, 6) is -0.353. The summed E-state index contributed by atoms with van der Waals surface area (Å²) >= 11 is 0. The molecule has 1 atom stereocenters. The van der Waals surface area contributed by atoms with E-state index in [-0.39, 0.29) is 12.5 Å². The Kier molecular flexibility index (Phi) is 4.05. The molecular weight excluding hydrogens is 256 g/mol. The van der Waals surface area contributed by atoms with Crippen LogP contribution in [0.3, 0.4) is 0 Å². The van der Waals surface area contributed by atoms with Gasteiger partial charge in [0.1, 0.15) is 5.69 Å². The topological polar surface area (TPSA) is 93.2 Å². The number of nitrogens with one attached hydrogen (secondary N) is 1. The lowest BCUT2D eigenvalue weighted by atomic mass is 10.1. The second kappa shape index (κ2) is 5.75. The molecular formula is C14H18N4O2. The molecule has 0 aliphatic carbocycles. The highest BCUT2D eigenvalue weighted by Gasteiger charge is 2.21. The van der Waals surface area contributed by atoms with Gasteiger partial charge in [0.2, 0.25) is 0 Å². The molecule has 1 aromatic heterocycles. The third-order valence-electron chi connectivity index (χ3n) is 3.17. The van der Waals surface area contributed by atoms with Crippen molar-refractivity contribution in [2.75, 3.05) is 12.3 Å². The number of aliphatic hydroxyl groups is 1. The first-order valence-electron chi connectivity index (χ1n) is 6.30. The van der Waals surface area contributed by atoms with Crippen LogP contribution < -0.4 is 11.1 Å². The van der Waals surface area contributed by atoms with Gasteiger partial charge in [0.15, 0.2) is 0 Å². The molecule has 0 radical (unpaired) electrons. The molecule has 6 heteroatoms. The summed E-state index contributed by atoms with van der Waals surface area (Å²) in [5.41, 5.74) is 7.96. The van der Waals surface area contributed by atoms with Crippen molar-refractivity contribution >= 4 is 11.6 Å². The average molecular weight is 274 g/mol. The van der Waals surface area contributed by atoms with Gasteiger partial charge < -0.3 is 16.2 Å². The van der Waals surface area contributed by atoms with Crippen molar-refractivity contribution in [2.24, 2.45) is 7.05 Å². The summed E-state index contributed by atoms with van der Waals surface area (Å²) in [6.45, 7) is 1.55. The molecule has 2 aromatic rings. The van der Waals surface area contributed by atoms with Crippen LogP contribution in [0, 0.1) is 6.92 Å². The fourth-order valence-corrected chi connectivity index (χ4v) is 2.09. The first-order valence-corrected chi connectivity index (χ1v) is 6.30. The molecule has 0 saturated heterocycles. The van der Waals surface area contributed by atoms with Crippen molar-refractivity contribution in [1.29, 1.82) is 0 Å². The molecule has 0 bridgehead atoms. The monoisotopic (exact) mass is 274 g/mol. The van der Waals surface area contributed by atoms with E-state index in [1.807, 2.05) is 30.3 Å². The first-order chi connectivity index (χ1) is 9.54. The normalized spacial score (nSPS) is 12.2. The Balaban J connectivity index is 2.22. The second-order valence-electron chi connectivity index (χ2n) is 4.59. The zero-order valence-electron chi connectivity index (χ0n) is 11.5. The number of nitrogens with zero attached hydrogens (tertiary/aromatic N) is 2. The number of hydrogen-bond acceptors (Lipinski definition) is 4. The SMILES string of the molecule is Cc1nn(C)c(C(=O)N[C@H](CO)c2ccccc2)c1N. The van der Waals surface area contributed by atoms with Gasteiger partial charge in [0, 0.05) is 7.05 Å². The number of carbonyl (C=O) groups excluding carboxylic acids is 1. The van der Waals surface area contributed by atoms with E-state index < -0.39 is 6.04 Å². The first kappa shape index (κ1) is 14.1. The van der Waals surface area contributed by atoms with Crippen LogP contribution in [0.15, 0.2) is 30.3 Å². The fourth-order valence-electron chi connectivity index (χ4n) is 2.09. The summed E-state index contributed by atoms with van der Waals surface area (Å²) in [4.78, 5) is 12.3. The molecule has 0 aliphatic heterocycles. The molecule has 1 aromatic carbocycles. The summed E-state index contributed by atoms with van der Waals surface area (Å²) in [6.07, 6.45) is 0. The number of aliphatic hydroxyl groups excluding tert-OH is 1. The third kappa shape index (κ3) is 2.65. The van der Waals surface area contributed by atoms with Gasteiger partial charge in [-0.3, -0.25) is 9.48 Å². The van der Waals surface area contributed by atoms with E-state index in [2.05, 4.69) is 10.4 Å². The number of carbonyl (C=O) groups is 1. The van der Waals surface area contributed by atoms with Crippen LogP contribution in [0.4, 0.5) is 5.69 Å². The maximum Gasteiger partial charge on any atom is 0.272 e. The van der Waals surface area contributed by atoms with Crippen molar-refractivity contribution < 1.29 is 9.90 Å². The highest BCUT2D eigenvalue weighted by atomic mass is 16.3. The van der Waals surface area contributed by atoms with Gasteiger partial charge in [0.05, 0.1) is 24.0 Å². The van der Waals surface area contributed by atoms with E-state index >= 15 is 0 Å². The number of rotatable bonds is 4. The maximum absolute atomic E-state index is 12.3. The van der Waals surface area contributed by atoms with Crippen LogP contribution in [0.2, 0.25) is 0 Å². The molecule has 0 saturated carbocycles. The predicted molar refractivity (Wildman–Crippen MR) is 76.1 cm³/mol. The van der Waals surface area contributed by atoms with Gasteiger partial charge in [-0.05, 0) is 12.5 Å². The van der Waals surface area contributed by atoms with Gasteiger partial charge >= 0.3 is 0 Å². The zero-order valence-corrected chi connectivity index (χ0v) is 11.5. The predicted octanol–water partition coefficient (Wildman–Crippen LogP) is 0.774. The number of nitrogens with two attached hydrogens (primary N) is 1. The van der Waals surface area contributed by atoms with Crippen LogP contribution >= 0.6 is 0 Å². The average Bonchev–Trinajstić information content (AvgIpc) is 2.70. The molecule has 0 fully saturated rings. The standard InChI is InChI=1S/C14H18N4O2/c1-9-12(15)13(18(2)17-9)14(20)16-11(8-19)10-6-4-3-5-7-10/h3-7,11,19H,8,15H2,1-2H3,(H,16,20)/t11-/m1/s1. The van der Waals surface area contributed by atoms with Gasteiger partial charge in [-0.15, -0.1) is 0 Å². The van der Waals surface area contributed by atoms with Crippen molar-refractivity contribution in [3.8, 4) is 0 Å². The summed E-state index contributed by atoms with van der Waals surface area (Å²) < 4.78 is 1.44. The van der Waals surface area contributed by atoms with E-state index in [1.165, 1.54) is 4.68 Å². The Labute approximate surface area is 117 Å². The fraction of sp³-hybridized carbons (Fsp3) is 0.286. The molecule has 0 spiro atoms. The molecule has 20 heavy (non-hydrogen) atoms. The van der Waals surface area contributed by atoms with Crippen LogP contribution in [0.1, 0.15) is 27.8 Å². The maximum atomic E-state index is 12.3. The van der Waals surface area contributed by atoms with E-state index in [1.54, 1.807) is 14.0 Å². The lowest BCUT2D eigenvalue weighted by molar-refractivity contribution is 0.0907. The molecule has 4 N–H and O–H groups in total. The molecule has 0 unspecified atom stereocenters. The summed E-state index contributed by atoms with van der Waals surface area (Å²) in [6, 6.07) is 8.80. The number of amides is 1. The number of benzene rings is 1. The van der Waals surface area contributed by atoms with E-state index in [0.29, 0.717) is 17.1 Å². The molecule has 1 amide bonds. The number of aryl methyl sites for hydroxylation is 2. The Bertz CT molecular complexity index is 607. The van der Waals surface area contributed by atoms with Crippen LogP contribution in [-0.2, 0) is 7.05 Å². The van der Waals surface area contributed by atoms with Crippen molar-refractivity contribution in [3.05, 3.63) is 47.3 Å². The van der Waals surface area contributed by atoms with Crippen LogP contribution in [0.25, 0.3) is 0 Å². The van der Waals surface area contributed by atoms with Crippen molar-refractivity contribution in [2.45, 2.75) is 13.0 Å². The van der Waals surface area contributed by atoms with Gasteiger partial charge in [-0.1, -0.05) is 30.3 Å². The Morgan fingerprint density at radius 2 is 2.10 bits per heavy atom. The molecule has 1 heterocycles. The van der Waals surface area contributed by atoms with Crippen LogP contribution in [0.5, 0.6) is 0 Å². The largest absolute Gasteiger partial charge is 0.395 e. The minimum atomic E-state index is -0.474. The highest BCUT2D eigenvalue weighted by Crippen LogP contribution is 2.17. The molecule has 0 aliphatic rings. The Morgan fingerprint density at radius 3 is 2.60 bits per heavy atom. The number of hydrogen-bond donors (Lipinski definition) is 3. The Morgan fingerprint density at radius 1 is 1.45 bits per heavy atom. The Hall–Kier alpha value is -2.34. The lowest BCUT2D eigenvalue weighted by Gasteiger charge is -2.17. The number of aromatic nitrogens is 2. The quantitative estimate of drug-likeness (QED) is 0.768. The second-order valence-corrected chi connectivity index (χ2v) is 4.59. The summed E-state index contributed by atoms with van der Waals surface area (Å²) in [7, 11) is 1.66. The van der Waals surface area contributed by atoms with E-state index in [9.17, 15) is 9.90 Å². The van der Waals surface area contributed by atoms with Crippen molar-refractivity contribution in [3.63, 3.8) is 0 Å². The van der Waals surface area contributed by atoms with Gasteiger partial charge in [0.25, 0.3) is 5.91 Å². The third-order valence-corrected chi connectivity index (χ3v) is 3.17. The molecule has 2 rings (SSSR count). The number of nitrogen functional groups attached to an aromatic ring is 1.